The van der Waals surface area contributed by atoms with Gasteiger partial charge < -0.3 is 29.3 Å². The van der Waals surface area contributed by atoms with Gasteiger partial charge in [0.2, 0.25) is 11.8 Å². The number of pyridine rings is 2. The van der Waals surface area contributed by atoms with Gasteiger partial charge in [0.1, 0.15) is 17.7 Å². The molecule has 3 aliphatic rings. The molecule has 4 heterocycles. The molecule has 41 heavy (non-hydrogen) atoms. The SMILES string of the molecule is C=N/C(=N\C=C(/C)OCC(=O)N1CCSCC1)N[C@H]1CC[C@@H](Oc2nc(N3CCOCC3)cc3ncccc23)CC1. The number of thioether (sulfide) groups is 1. The highest BCUT2D eigenvalue weighted by atomic mass is 32.2. The van der Waals surface area contributed by atoms with Crippen molar-refractivity contribution in [1.82, 2.24) is 20.2 Å². The van der Waals surface area contributed by atoms with Crippen LogP contribution in [0.4, 0.5) is 5.82 Å². The largest absolute Gasteiger partial charge is 0.487 e. The van der Waals surface area contributed by atoms with Crippen molar-refractivity contribution in [1.29, 1.82) is 0 Å². The van der Waals surface area contributed by atoms with E-state index in [1.165, 1.54) is 0 Å². The number of allylic oxidation sites excluding steroid dienone is 1. The van der Waals surface area contributed by atoms with Gasteiger partial charge in [0.25, 0.3) is 5.91 Å². The second-order valence-corrected chi connectivity index (χ2v) is 11.5. The number of nitrogens with one attached hydrogen (secondary N) is 1. The molecule has 2 aliphatic heterocycles. The number of guanidine groups is 1. The van der Waals surface area contributed by atoms with E-state index in [2.05, 4.69) is 31.9 Å². The molecule has 220 valence electrons. The number of morpholine rings is 1. The summed E-state index contributed by atoms with van der Waals surface area (Å²) in [5.74, 6) is 4.48. The monoisotopic (exact) mass is 581 g/mol. The fraction of sp³-hybridized carbons (Fsp3) is 0.552. The van der Waals surface area contributed by atoms with E-state index < -0.39 is 0 Å². The lowest BCUT2D eigenvalue weighted by atomic mass is 9.93. The number of fused-ring (bicyclic) bond motifs is 1. The molecule has 1 N–H and O–H groups in total. The maximum atomic E-state index is 12.3. The molecule has 3 fully saturated rings. The van der Waals surface area contributed by atoms with Crippen LogP contribution in [0, 0.1) is 0 Å². The van der Waals surface area contributed by atoms with E-state index in [4.69, 9.17) is 19.2 Å². The Labute approximate surface area is 245 Å². The molecule has 2 saturated heterocycles. The molecule has 0 spiro atoms. The number of nitrogens with zero attached hydrogens (tertiary/aromatic N) is 6. The molecule has 5 rings (SSSR count). The van der Waals surface area contributed by atoms with E-state index in [1.54, 1.807) is 19.3 Å². The summed E-state index contributed by atoms with van der Waals surface area (Å²) in [7, 11) is 0. The maximum Gasteiger partial charge on any atom is 0.260 e. The van der Waals surface area contributed by atoms with Crippen LogP contribution in [0.2, 0.25) is 0 Å². The highest BCUT2D eigenvalue weighted by Gasteiger charge is 2.25. The predicted octanol–water partition coefficient (Wildman–Crippen LogP) is 3.26. The van der Waals surface area contributed by atoms with Gasteiger partial charge in [-0.25, -0.2) is 9.98 Å². The normalized spacial score (nSPS) is 22.4. The molecule has 0 bridgehead atoms. The summed E-state index contributed by atoms with van der Waals surface area (Å²) < 4.78 is 17.6. The molecule has 0 atom stereocenters. The van der Waals surface area contributed by atoms with Gasteiger partial charge in [0, 0.05) is 56.0 Å². The number of hydrogen-bond donors (Lipinski definition) is 1. The van der Waals surface area contributed by atoms with Gasteiger partial charge in [-0.2, -0.15) is 16.7 Å². The van der Waals surface area contributed by atoms with E-state index in [9.17, 15) is 4.79 Å². The van der Waals surface area contributed by atoms with Crippen LogP contribution < -0.4 is 15.0 Å². The second kappa shape index (κ2) is 14.5. The van der Waals surface area contributed by atoms with Gasteiger partial charge in [-0.3, -0.25) is 9.78 Å². The van der Waals surface area contributed by atoms with Crippen molar-refractivity contribution in [2.24, 2.45) is 9.98 Å². The zero-order chi connectivity index (χ0) is 28.4. The minimum absolute atomic E-state index is 0.00786. The van der Waals surface area contributed by atoms with Gasteiger partial charge in [0.15, 0.2) is 6.61 Å². The third kappa shape index (κ3) is 8.10. The highest BCUT2D eigenvalue weighted by molar-refractivity contribution is 7.99. The summed E-state index contributed by atoms with van der Waals surface area (Å²) in [5.41, 5.74) is 0.884. The van der Waals surface area contributed by atoms with Crippen molar-refractivity contribution in [3.8, 4) is 5.88 Å². The predicted molar refractivity (Wildman–Crippen MR) is 163 cm³/mol. The number of carbonyl (C=O) groups is 1. The average Bonchev–Trinajstić information content (AvgIpc) is 3.03. The minimum atomic E-state index is 0.00786. The van der Waals surface area contributed by atoms with Crippen molar-refractivity contribution < 1.29 is 19.0 Å². The summed E-state index contributed by atoms with van der Waals surface area (Å²) in [6, 6.07) is 6.17. The van der Waals surface area contributed by atoms with Crippen LogP contribution in [0.15, 0.2) is 46.3 Å². The van der Waals surface area contributed by atoms with E-state index in [0.29, 0.717) is 30.8 Å². The first-order valence-corrected chi connectivity index (χ1v) is 15.5. The third-order valence-electron chi connectivity index (χ3n) is 7.48. The molecule has 11 nitrogen and oxygen atoms in total. The fourth-order valence-electron chi connectivity index (χ4n) is 5.13. The molecule has 0 unspecified atom stereocenters. The molecule has 2 aromatic rings. The molecule has 1 amide bonds. The summed E-state index contributed by atoms with van der Waals surface area (Å²) in [4.78, 5) is 34.3. The van der Waals surface area contributed by atoms with E-state index in [-0.39, 0.29) is 24.7 Å². The number of amides is 1. The molecule has 12 heteroatoms. The van der Waals surface area contributed by atoms with E-state index in [0.717, 1.165) is 80.1 Å². The smallest absolute Gasteiger partial charge is 0.260 e. The Balaban J connectivity index is 1.13. The summed E-state index contributed by atoms with van der Waals surface area (Å²) >= 11 is 1.87. The van der Waals surface area contributed by atoms with Gasteiger partial charge in [-0.05, 0) is 51.5 Å². The van der Waals surface area contributed by atoms with E-state index in [1.807, 2.05) is 34.9 Å². The Hall–Kier alpha value is -3.38. The highest BCUT2D eigenvalue weighted by Crippen LogP contribution is 2.31. The number of aliphatic imine (C=N–C) groups is 2. The zero-order valence-corrected chi connectivity index (χ0v) is 24.5. The van der Waals surface area contributed by atoms with Crippen molar-refractivity contribution in [2.75, 3.05) is 62.4 Å². The Morgan fingerprint density at radius 3 is 2.76 bits per heavy atom. The number of hydrogen-bond acceptors (Lipinski definition) is 9. The fourth-order valence-corrected chi connectivity index (χ4v) is 6.04. The zero-order valence-electron chi connectivity index (χ0n) is 23.7. The van der Waals surface area contributed by atoms with Gasteiger partial charge in [0.05, 0.1) is 30.3 Å². The maximum absolute atomic E-state index is 12.3. The lowest BCUT2D eigenvalue weighted by Crippen LogP contribution is -2.40. The number of aromatic nitrogens is 2. The van der Waals surface area contributed by atoms with Crippen LogP contribution in [-0.2, 0) is 14.3 Å². The van der Waals surface area contributed by atoms with Crippen molar-refractivity contribution in [3.63, 3.8) is 0 Å². The molecule has 1 saturated carbocycles. The summed E-state index contributed by atoms with van der Waals surface area (Å²) in [6.07, 6.45) is 7.01. The van der Waals surface area contributed by atoms with Crippen molar-refractivity contribution in [3.05, 3.63) is 36.4 Å². The van der Waals surface area contributed by atoms with Gasteiger partial charge in [-0.1, -0.05) is 0 Å². The van der Waals surface area contributed by atoms with Crippen LogP contribution >= 0.6 is 11.8 Å². The first kappa shape index (κ1) is 29.1. The molecule has 0 radical (unpaired) electrons. The molecular weight excluding hydrogens is 542 g/mol. The molecule has 1 aliphatic carbocycles. The number of rotatable bonds is 8. The molecular formula is C29H39N7O4S. The standard InChI is InChI=1S/C29H39N7O4S/c1-21(39-20-27(37)36-12-16-41-17-13-36)19-32-29(30-2)33-22-5-7-23(8-6-22)40-28-24-4-3-9-31-25(24)18-26(34-28)35-10-14-38-15-11-35/h3-4,9,18-19,22-23H,2,5-8,10-17,20H2,1H3,(H,32,33)/b21-19+/t22-,23+. The minimum Gasteiger partial charge on any atom is -0.487 e. The van der Waals surface area contributed by atoms with Gasteiger partial charge >= 0.3 is 0 Å². The van der Waals surface area contributed by atoms with Crippen molar-refractivity contribution in [2.45, 2.75) is 44.8 Å². The lowest BCUT2D eigenvalue weighted by molar-refractivity contribution is -0.134. The number of carbonyl (C=O) groups excluding carboxylic acids is 1. The van der Waals surface area contributed by atoms with Gasteiger partial charge in [-0.15, -0.1) is 0 Å². The lowest BCUT2D eigenvalue weighted by Gasteiger charge is -2.31. The Morgan fingerprint density at radius 1 is 1.22 bits per heavy atom. The van der Waals surface area contributed by atoms with Crippen LogP contribution in [0.25, 0.3) is 10.9 Å². The van der Waals surface area contributed by atoms with Crippen LogP contribution in [0.5, 0.6) is 5.88 Å². The first-order chi connectivity index (χ1) is 20.1. The van der Waals surface area contributed by atoms with E-state index >= 15 is 0 Å². The van der Waals surface area contributed by atoms with Crippen molar-refractivity contribution >= 4 is 47.1 Å². The molecule has 2 aromatic heterocycles. The number of anilines is 1. The number of ether oxygens (including phenoxy) is 3. The first-order valence-electron chi connectivity index (χ1n) is 14.3. The average molecular weight is 582 g/mol. The Kier molecular flexibility index (Phi) is 10.3. The van der Waals surface area contributed by atoms with Crippen LogP contribution in [0.3, 0.4) is 0 Å². The quantitative estimate of drug-likeness (QED) is 0.285. The summed E-state index contributed by atoms with van der Waals surface area (Å²) in [5, 5.41) is 4.31. The third-order valence-corrected chi connectivity index (χ3v) is 8.42. The van der Waals surface area contributed by atoms with Crippen LogP contribution in [-0.4, -0.2) is 103 Å². The molecule has 0 aromatic carbocycles. The Morgan fingerprint density at radius 2 is 2.00 bits per heavy atom. The summed E-state index contributed by atoms with van der Waals surface area (Å²) in [6.45, 7) is 10.0. The Bertz CT molecular complexity index is 1250. The second-order valence-electron chi connectivity index (χ2n) is 10.3. The van der Waals surface area contributed by atoms with Crippen LogP contribution in [0.1, 0.15) is 32.6 Å². The topological polar surface area (TPSA) is 114 Å².